The molecule has 0 saturated carbocycles. The third kappa shape index (κ3) is 3.91. The fourth-order valence-electron chi connectivity index (χ4n) is 1.25. The van der Waals surface area contributed by atoms with Crippen molar-refractivity contribution in [3.8, 4) is 0 Å². The van der Waals surface area contributed by atoms with Gasteiger partial charge in [0.15, 0.2) is 0 Å². The molecule has 0 aliphatic rings. The fraction of sp³-hybridized carbons (Fsp3) is 0.600. The lowest BCUT2D eigenvalue weighted by molar-refractivity contribution is 0.122. The second-order valence-corrected chi connectivity index (χ2v) is 3.07. The van der Waals surface area contributed by atoms with Crippen LogP contribution in [0, 0.1) is 0 Å². The minimum absolute atomic E-state index is 0.157. The maximum atomic E-state index is 8.85. The van der Waals surface area contributed by atoms with Crippen molar-refractivity contribution in [2.75, 3.05) is 33.4 Å². The van der Waals surface area contributed by atoms with Gasteiger partial charge in [-0.3, -0.25) is 4.90 Å². The molecule has 80 valence electrons. The lowest BCUT2D eigenvalue weighted by atomic mass is 10.4. The zero-order valence-electron chi connectivity index (χ0n) is 8.48. The number of nitrogens with zero attached hydrogens (tertiary/aromatic N) is 1. The molecule has 14 heavy (non-hydrogen) atoms. The Labute approximate surface area is 84.1 Å². The van der Waals surface area contributed by atoms with E-state index in [2.05, 4.69) is 4.90 Å². The van der Waals surface area contributed by atoms with Crippen LogP contribution in [0.1, 0.15) is 5.76 Å². The van der Waals surface area contributed by atoms with Crippen LogP contribution in [0.25, 0.3) is 0 Å². The van der Waals surface area contributed by atoms with Gasteiger partial charge in [0.05, 0.1) is 26.0 Å². The first kappa shape index (κ1) is 11.2. The Kier molecular flexibility index (Phi) is 5.29. The maximum absolute atomic E-state index is 8.85. The molecule has 4 heteroatoms. The summed E-state index contributed by atoms with van der Waals surface area (Å²) in [5.41, 5.74) is 0. The van der Waals surface area contributed by atoms with E-state index in [9.17, 15) is 0 Å². The molecule has 1 rings (SSSR count). The van der Waals surface area contributed by atoms with Crippen molar-refractivity contribution < 1.29 is 14.3 Å². The number of furan rings is 1. The predicted octanol–water partition coefficient (Wildman–Crippen LogP) is 0.720. The number of hydrogen-bond donors (Lipinski definition) is 1. The van der Waals surface area contributed by atoms with Gasteiger partial charge >= 0.3 is 0 Å². The van der Waals surface area contributed by atoms with Crippen molar-refractivity contribution >= 4 is 0 Å². The van der Waals surface area contributed by atoms with Crippen molar-refractivity contribution in [1.29, 1.82) is 0 Å². The SMILES string of the molecule is COCCN(CCO)Cc1ccco1. The molecule has 0 aliphatic heterocycles. The number of hydrogen-bond acceptors (Lipinski definition) is 4. The molecule has 1 aromatic heterocycles. The molecule has 0 saturated heterocycles. The molecule has 0 spiro atoms. The minimum atomic E-state index is 0.157. The van der Waals surface area contributed by atoms with Crippen molar-refractivity contribution in [3.05, 3.63) is 24.2 Å². The average Bonchev–Trinajstić information content (AvgIpc) is 2.67. The van der Waals surface area contributed by atoms with Crippen LogP contribution in [0.2, 0.25) is 0 Å². The van der Waals surface area contributed by atoms with E-state index < -0.39 is 0 Å². The highest BCUT2D eigenvalue weighted by atomic mass is 16.5. The molecule has 0 amide bonds. The predicted molar refractivity (Wildman–Crippen MR) is 52.9 cm³/mol. The van der Waals surface area contributed by atoms with Gasteiger partial charge in [-0.2, -0.15) is 0 Å². The summed E-state index contributed by atoms with van der Waals surface area (Å²) in [4.78, 5) is 2.09. The van der Waals surface area contributed by atoms with Gasteiger partial charge in [0.25, 0.3) is 0 Å². The smallest absolute Gasteiger partial charge is 0.117 e. The summed E-state index contributed by atoms with van der Waals surface area (Å²) in [5.74, 6) is 0.912. The zero-order chi connectivity index (χ0) is 10.2. The Hall–Kier alpha value is -0.840. The van der Waals surface area contributed by atoms with Gasteiger partial charge in [-0.15, -0.1) is 0 Å². The van der Waals surface area contributed by atoms with Crippen molar-refractivity contribution in [3.63, 3.8) is 0 Å². The summed E-state index contributed by atoms with van der Waals surface area (Å²) < 4.78 is 10.2. The van der Waals surface area contributed by atoms with E-state index in [1.54, 1.807) is 13.4 Å². The van der Waals surface area contributed by atoms with Crippen LogP contribution in [0.15, 0.2) is 22.8 Å². The topological polar surface area (TPSA) is 45.8 Å². The number of rotatable bonds is 7. The number of aliphatic hydroxyl groups excluding tert-OH is 1. The summed E-state index contributed by atoms with van der Waals surface area (Å²) in [5, 5.41) is 8.85. The van der Waals surface area contributed by atoms with Gasteiger partial charge < -0.3 is 14.3 Å². The lowest BCUT2D eigenvalue weighted by Crippen LogP contribution is -2.29. The molecule has 1 heterocycles. The van der Waals surface area contributed by atoms with Crippen LogP contribution in [0.3, 0.4) is 0 Å². The number of methoxy groups -OCH3 is 1. The molecule has 0 bridgehead atoms. The lowest BCUT2D eigenvalue weighted by Gasteiger charge is -2.19. The van der Waals surface area contributed by atoms with Crippen molar-refractivity contribution in [2.45, 2.75) is 6.54 Å². The van der Waals surface area contributed by atoms with E-state index in [1.807, 2.05) is 12.1 Å². The van der Waals surface area contributed by atoms with E-state index in [0.717, 1.165) is 18.8 Å². The van der Waals surface area contributed by atoms with E-state index >= 15 is 0 Å². The molecular formula is C10H17NO3. The van der Waals surface area contributed by atoms with E-state index in [1.165, 1.54) is 0 Å². The largest absolute Gasteiger partial charge is 0.468 e. The van der Waals surface area contributed by atoms with Crippen LogP contribution in [-0.2, 0) is 11.3 Å². The molecule has 0 fully saturated rings. The third-order valence-electron chi connectivity index (χ3n) is 1.99. The number of aliphatic hydroxyl groups is 1. The van der Waals surface area contributed by atoms with Crippen LogP contribution >= 0.6 is 0 Å². The monoisotopic (exact) mass is 199 g/mol. The highest BCUT2D eigenvalue weighted by Gasteiger charge is 2.06. The summed E-state index contributed by atoms with van der Waals surface area (Å²) in [6, 6.07) is 3.79. The van der Waals surface area contributed by atoms with Crippen LogP contribution in [-0.4, -0.2) is 43.4 Å². The first-order valence-electron chi connectivity index (χ1n) is 4.71. The van der Waals surface area contributed by atoms with Crippen LogP contribution < -0.4 is 0 Å². The van der Waals surface area contributed by atoms with Crippen LogP contribution in [0.4, 0.5) is 0 Å². The quantitative estimate of drug-likeness (QED) is 0.703. The van der Waals surface area contributed by atoms with E-state index in [4.69, 9.17) is 14.3 Å². The van der Waals surface area contributed by atoms with Gasteiger partial charge in [0.1, 0.15) is 5.76 Å². The Bertz CT molecular complexity index is 223. The van der Waals surface area contributed by atoms with E-state index in [0.29, 0.717) is 13.2 Å². The van der Waals surface area contributed by atoms with Crippen molar-refractivity contribution in [1.82, 2.24) is 4.90 Å². The summed E-state index contributed by atoms with van der Waals surface area (Å²) in [6.07, 6.45) is 1.66. The minimum Gasteiger partial charge on any atom is -0.468 e. The van der Waals surface area contributed by atoms with Crippen LogP contribution in [0.5, 0.6) is 0 Å². The molecule has 1 N–H and O–H groups in total. The first-order valence-corrected chi connectivity index (χ1v) is 4.71. The molecule has 1 aromatic rings. The van der Waals surface area contributed by atoms with Gasteiger partial charge in [0, 0.05) is 20.2 Å². The highest BCUT2D eigenvalue weighted by molar-refractivity contribution is 4.97. The molecule has 0 atom stereocenters. The Morgan fingerprint density at radius 2 is 2.36 bits per heavy atom. The summed E-state index contributed by atoms with van der Waals surface area (Å²) in [7, 11) is 1.67. The third-order valence-corrected chi connectivity index (χ3v) is 1.99. The Morgan fingerprint density at radius 1 is 1.50 bits per heavy atom. The first-order chi connectivity index (χ1) is 6.86. The van der Waals surface area contributed by atoms with Gasteiger partial charge in [-0.05, 0) is 12.1 Å². The summed E-state index contributed by atoms with van der Waals surface area (Å²) >= 11 is 0. The Balaban J connectivity index is 2.34. The molecule has 4 nitrogen and oxygen atoms in total. The molecular weight excluding hydrogens is 182 g/mol. The van der Waals surface area contributed by atoms with Gasteiger partial charge in [-0.25, -0.2) is 0 Å². The molecule has 0 aromatic carbocycles. The normalized spacial score (nSPS) is 11.1. The maximum Gasteiger partial charge on any atom is 0.117 e. The second kappa shape index (κ2) is 6.59. The molecule has 0 unspecified atom stereocenters. The summed E-state index contributed by atoms with van der Waals surface area (Å²) in [6.45, 7) is 2.99. The standard InChI is InChI=1S/C10H17NO3/c1-13-8-5-11(4-6-12)9-10-3-2-7-14-10/h2-3,7,12H,4-6,8-9H2,1H3. The van der Waals surface area contributed by atoms with E-state index in [-0.39, 0.29) is 6.61 Å². The fourth-order valence-corrected chi connectivity index (χ4v) is 1.25. The van der Waals surface area contributed by atoms with Crippen molar-refractivity contribution in [2.24, 2.45) is 0 Å². The second-order valence-electron chi connectivity index (χ2n) is 3.07. The molecule has 0 aliphatic carbocycles. The highest BCUT2D eigenvalue weighted by Crippen LogP contribution is 2.04. The molecule has 0 radical (unpaired) electrons. The zero-order valence-corrected chi connectivity index (χ0v) is 8.48. The number of ether oxygens (including phenoxy) is 1. The van der Waals surface area contributed by atoms with Gasteiger partial charge in [0.2, 0.25) is 0 Å². The Morgan fingerprint density at radius 3 is 2.93 bits per heavy atom. The van der Waals surface area contributed by atoms with Gasteiger partial charge in [-0.1, -0.05) is 0 Å². The average molecular weight is 199 g/mol.